The molecule has 4 heteroatoms. The Labute approximate surface area is 103 Å². The third kappa shape index (κ3) is 2.87. The average Bonchev–Trinajstić information content (AvgIpc) is 2.23. The number of fused-ring (bicyclic) bond motifs is 1. The lowest BCUT2D eigenvalue weighted by molar-refractivity contribution is 0.414. The number of hydrogen-bond donors (Lipinski definition) is 1. The summed E-state index contributed by atoms with van der Waals surface area (Å²) in [5.74, 6) is 0.731. The van der Waals surface area contributed by atoms with E-state index in [0.717, 1.165) is 6.42 Å². The molecule has 1 aliphatic carbocycles. The SMILES string of the molecule is CNC(CCS(C)(=O)=O)C1Cc2ccccc21. The van der Waals surface area contributed by atoms with Crippen molar-refractivity contribution in [1.29, 1.82) is 0 Å². The first-order valence-corrected chi connectivity index (χ1v) is 8.00. The molecule has 0 saturated heterocycles. The highest BCUT2D eigenvalue weighted by Gasteiger charge is 2.31. The summed E-state index contributed by atoms with van der Waals surface area (Å²) in [5.41, 5.74) is 2.78. The standard InChI is InChI=1S/C13H19NO2S/c1-14-13(7-8-17(2,15)16)12-9-10-5-3-4-6-11(10)12/h3-6,12-14H,7-9H2,1-2H3. The van der Waals surface area contributed by atoms with E-state index >= 15 is 0 Å². The molecule has 0 saturated carbocycles. The lowest BCUT2D eigenvalue weighted by Crippen LogP contribution is -2.39. The highest BCUT2D eigenvalue weighted by molar-refractivity contribution is 7.90. The lowest BCUT2D eigenvalue weighted by atomic mass is 9.73. The molecule has 1 aromatic rings. The van der Waals surface area contributed by atoms with Crippen LogP contribution in [0.4, 0.5) is 0 Å². The van der Waals surface area contributed by atoms with E-state index in [1.165, 1.54) is 17.4 Å². The molecule has 1 aromatic carbocycles. The summed E-state index contributed by atoms with van der Waals surface area (Å²) in [6.45, 7) is 0. The Morgan fingerprint density at radius 3 is 2.71 bits per heavy atom. The Kier molecular flexibility index (Phi) is 3.54. The minimum Gasteiger partial charge on any atom is -0.316 e. The van der Waals surface area contributed by atoms with Crippen molar-refractivity contribution in [3.63, 3.8) is 0 Å². The van der Waals surface area contributed by atoms with Crippen LogP contribution in [0.5, 0.6) is 0 Å². The van der Waals surface area contributed by atoms with Crippen molar-refractivity contribution >= 4 is 9.84 Å². The predicted octanol–water partition coefficient (Wildman–Crippen LogP) is 1.35. The first-order valence-electron chi connectivity index (χ1n) is 5.94. The largest absolute Gasteiger partial charge is 0.316 e. The van der Waals surface area contributed by atoms with E-state index in [1.54, 1.807) is 0 Å². The van der Waals surface area contributed by atoms with Crippen molar-refractivity contribution < 1.29 is 8.42 Å². The fourth-order valence-electron chi connectivity index (χ4n) is 2.54. The predicted molar refractivity (Wildman–Crippen MR) is 70.1 cm³/mol. The molecule has 0 spiro atoms. The van der Waals surface area contributed by atoms with Crippen molar-refractivity contribution in [3.05, 3.63) is 35.4 Å². The molecule has 1 aliphatic rings. The van der Waals surface area contributed by atoms with E-state index in [9.17, 15) is 8.42 Å². The zero-order valence-electron chi connectivity index (χ0n) is 10.3. The van der Waals surface area contributed by atoms with Crippen LogP contribution >= 0.6 is 0 Å². The number of sulfone groups is 1. The van der Waals surface area contributed by atoms with Crippen molar-refractivity contribution in [3.8, 4) is 0 Å². The smallest absolute Gasteiger partial charge is 0.147 e. The molecule has 17 heavy (non-hydrogen) atoms. The van der Waals surface area contributed by atoms with E-state index in [1.807, 2.05) is 13.1 Å². The third-order valence-electron chi connectivity index (χ3n) is 3.55. The Bertz CT molecular complexity index is 496. The number of hydrogen-bond acceptors (Lipinski definition) is 3. The fourth-order valence-corrected chi connectivity index (χ4v) is 3.23. The zero-order valence-corrected chi connectivity index (χ0v) is 11.1. The number of rotatable bonds is 5. The van der Waals surface area contributed by atoms with E-state index in [0.29, 0.717) is 12.3 Å². The Hall–Kier alpha value is -0.870. The third-order valence-corrected chi connectivity index (χ3v) is 4.53. The maximum absolute atomic E-state index is 11.2. The molecular formula is C13H19NO2S. The highest BCUT2D eigenvalue weighted by atomic mass is 32.2. The summed E-state index contributed by atoms with van der Waals surface area (Å²) >= 11 is 0. The first-order chi connectivity index (χ1) is 8.01. The molecule has 0 aromatic heterocycles. The first kappa shape index (κ1) is 12.6. The molecule has 94 valence electrons. The van der Waals surface area contributed by atoms with Gasteiger partial charge in [0.25, 0.3) is 0 Å². The molecule has 0 amide bonds. The normalized spacial score (nSPS) is 20.5. The van der Waals surface area contributed by atoms with Gasteiger partial charge >= 0.3 is 0 Å². The molecule has 0 radical (unpaired) electrons. The van der Waals surface area contributed by atoms with Gasteiger partial charge in [0, 0.05) is 18.2 Å². The van der Waals surface area contributed by atoms with Crippen LogP contribution in [-0.2, 0) is 16.3 Å². The molecule has 2 atom stereocenters. The van der Waals surface area contributed by atoms with E-state index in [4.69, 9.17) is 0 Å². The summed E-state index contributed by atoms with van der Waals surface area (Å²) in [6, 6.07) is 8.66. The van der Waals surface area contributed by atoms with E-state index in [2.05, 4.69) is 23.5 Å². The molecule has 2 unspecified atom stereocenters. The van der Waals surface area contributed by atoms with Crippen LogP contribution in [0.1, 0.15) is 23.5 Å². The summed E-state index contributed by atoms with van der Waals surface area (Å²) in [5, 5.41) is 3.25. The van der Waals surface area contributed by atoms with Crippen LogP contribution in [0.2, 0.25) is 0 Å². The lowest BCUT2D eigenvalue weighted by Gasteiger charge is -2.36. The summed E-state index contributed by atoms with van der Waals surface area (Å²) < 4.78 is 22.4. The van der Waals surface area contributed by atoms with E-state index in [-0.39, 0.29) is 11.8 Å². The van der Waals surface area contributed by atoms with Gasteiger partial charge in [-0.05, 0) is 31.0 Å². The maximum atomic E-state index is 11.2. The molecule has 0 heterocycles. The van der Waals surface area contributed by atoms with Gasteiger partial charge in [-0.2, -0.15) is 0 Å². The Balaban J connectivity index is 2.02. The van der Waals surface area contributed by atoms with Gasteiger partial charge in [0.2, 0.25) is 0 Å². The molecule has 0 aliphatic heterocycles. The molecule has 0 bridgehead atoms. The molecular weight excluding hydrogens is 234 g/mol. The average molecular weight is 253 g/mol. The number of likely N-dealkylation sites (N-methyl/N-ethyl adjacent to an activating group) is 1. The van der Waals surface area contributed by atoms with Gasteiger partial charge in [-0.25, -0.2) is 8.42 Å². The summed E-state index contributed by atoms with van der Waals surface area (Å²) in [4.78, 5) is 0. The minimum absolute atomic E-state index is 0.261. The van der Waals surface area contributed by atoms with Gasteiger partial charge in [-0.3, -0.25) is 0 Å². The van der Waals surface area contributed by atoms with Gasteiger partial charge in [-0.1, -0.05) is 24.3 Å². The van der Waals surface area contributed by atoms with Crippen LogP contribution < -0.4 is 5.32 Å². The van der Waals surface area contributed by atoms with Crippen LogP contribution in [0.25, 0.3) is 0 Å². The second-order valence-corrected chi connectivity index (χ2v) is 7.08. The van der Waals surface area contributed by atoms with E-state index < -0.39 is 9.84 Å². The van der Waals surface area contributed by atoms with Crippen molar-refractivity contribution in [2.24, 2.45) is 0 Å². The molecule has 2 rings (SSSR count). The van der Waals surface area contributed by atoms with Gasteiger partial charge in [0.05, 0.1) is 5.75 Å². The topological polar surface area (TPSA) is 46.2 Å². The van der Waals surface area contributed by atoms with Crippen LogP contribution in [0.3, 0.4) is 0 Å². The van der Waals surface area contributed by atoms with Crippen molar-refractivity contribution in [1.82, 2.24) is 5.32 Å². The zero-order chi connectivity index (χ0) is 12.5. The van der Waals surface area contributed by atoms with Crippen LogP contribution in [0.15, 0.2) is 24.3 Å². The fraction of sp³-hybridized carbons (Fsp3) is 0.538. The van der Waals surface area contributed by atoms with Gasteiger partial charge < -0.3 is 5.32 Å². The monoisotopic (exact) mass is 253 g/mol. The van der Waals surface area contributed by atoms with Gasteiger partial charge in [0.1, 0.15) is 9.84 Å². The Morgan fingerprint density at radius 1 is 1.41 bits per heavy atom. The Morgan fingerprint density at radius 2 is 2.12 bits per heavy atom. The summed E-state index contributed by atoms with van der Waals surface area (Å²) in [7, 11) is -0.954. The van der Waals surface area contributed by atoms with Crippen molar-refractivity contribution in [2.75, 3.05) is 19.1 Å². The van der Waals surface area contributed by atoms with Gasteiger partial charge in [-0.15, -0.1) is 0 Å². The number of nitrogens with one attached hydrogen (secondary N) is 1. The second kappa shape index (κ2) is 4.78. The van der Waals surface area contributed by atoms with Crippen molar-refractivity contribution in [2.45, 2.75) is 24.8 Å². The van der Waals surface area contributed by atoms with Crippen LogP contribution in [0, 0.1) is 0 Å². The minimum atomic E-state index is -2.86. The second-order valence-electron chi connectivity index (χ2n) is 4.82. The summed E-state index contributed by atoms with van der Waals surface area (Å²) in [6.07, 6.45) is 3.05. The molecule has 1 N–H and O–H groups in total. The highest BCUT2D eigenvalue weighted by Crippen LogP contribution is 2.38. The van der Waals surface area contributed by atoms with Gasteiger partial charge in [0.15, 0.2) is 0 Å². The van der Waals surface area contributed by atoms with Crippen LogP contribution in [-0.4, -0.2) is 33.5 Å². The molecule has 3 nitrogen and oxygen atoms in total. The quantitative estimate of drug-likeness (QED) is 0.861. The maximum Gasteiger partial charge on any atom is 0.147 e. The molecule has 0 fully saturated rings. The number of benzene rings is 1.